The number of benzene rings is 4. The van der Waals surface area contributed by atoms with Crippen LogP contribution in [0, 0.1) is 23.7 Å². The Balaban J connectivity index is 1.11. The molecule has 3 aliphatic heterocycles. The van der Waals surface area contributed by atoms with Gasteiger partial charge in [0.1, 0.15) is 11.5 Å². The summed E-state index contributed by atoms with van der Waals surface area (Å²) in [7, 11) is 1.56. The predicted octanol–water partition coefficient (Wildman–Crippen LogP) is 7.36. The Kier molecular flexibility index (Phi) is 9.62. The molecule has 10 nitrogen and oxygen atoms in total. The average Bonchev–Trinajstić information content (AvgIpc) is 3.60. The number of ether oxygens (including phenoxy) is 1. The fourth-order valence-electron chi connectivity index (χ4n) is 10.5. The minimum Gasteiger partial charge on any atom is -0.508 e. The number of phenols is 1. The van der Waals surface area contributed by atoms with Gasteiger partial charge in [-0.25, -0.2) is 0 Å². The zero-order valence-corrected chi connectivity index (χ0v) is 32.8. The monoisotopic (exact) mass is 804 g/mol. The van der Waals surface area contributed by atoms with Gasteiger partial charge in [-0.1, -0.05) is 89.4 Å². The lowest BCUT2D eigenvalue weighted by molar-refractivity contribution is -0.144. The van der Waals surface area contributed by atoms with Crippen molar-refractivity contribution in [1.29, 1.82) is 0 Å². The minimum atomic E-state index is -1.50. The maximum atomic E-state index is 15.4. The van der Waals surface area contributed by atoms with E-state index in [4.69, 9.17) is 27.9 Å². The van der Waals surface area contributed by atoms with Crippen LogP contribution in [0.3, 0.4) is 0 Å². The van der Waals surface area contributed by atoms with Gasteiger partial charge >= 0.3 is 0 Å². The second kappa shape index (κ2) is 14.7. The number of carbonyl (C=O) groups excluding carboxylic acids is 4. The van der Waals surface area contributed by atoms with E-state index >= 15 is 4.79 Å². The number of methoxy groups -OCH3 is 1. The van der Waals surface area contributed by atoms with Crippen LogP contribution < -0.4 is 10.2 Å². The number of phenolic OH excluding ortho intramolecular Hbond substituents is 1. The molecular weight excluding hydrogens is 763 g/mol. The molecule has 4 amide bonds. The quantitative estimate of drug-likeness (QED) is 0.140. The number of amides is 4. The first-order valence-corrected chi connectivity index (χ1v) is 20.2. The third kappa shape index (κ3) is 6.11. The molecule has 5 aliphatic rings. The van der Waals surface area contributed by atoms with E-state index in [1.807, 2.05) is 42.5 Å². The fourth-order valence-corrected chi connectivity index (χ4v) is 10.9. The molecule has 2 aliphatic carbocycles. The van der Waals surface area contributed by atoms with Crippen LogP contribution in [-0.4, -0.2) is 69.8 Å². The standard InChI is InChI=1S/C45H42Cl2N4O6/c1-57-32-13-10-28(11-14-32)45-36(42(54)51(44(45)56)48-38-17-12-29(46)23-37(38)47)24-35-33(40(45)27-8-5-9-31(52)22-27)15-16-34-39(35)43(55)50(41(34)53)30-18-20-49(21-19-30)25-26-6-3-2-4-7-26/h2-15,17,22-23,30,34-36,39-40,48,52H,16,18-21,24-25H2,1H3. The van der Waals surface area contributed by atoms with Crippen LogP contribution in [0.5, 0.6) is 11.5 Å². The summed E-state index contributed by atoms with van der Waals surface area (Å²) in [4.78, 5) is 63.5. The Morgan fingerprint density at radius 1 is 0.842 bits per heavy atom. The number of hydrogen-bond donors (Lipinski definition) is 2. The number of aromatic hydroxyl groups is 1. The minimum absolute atomic E-state index is 0.00180. The van der Waals surface area contributed by atoms with Crippen molar-refractivity contribution in [2.75, 3.05) is 25.6 Å². The van der Waals surface area contributed by atoms with Gasteiger partial charge in [0.15, 0.2) is 0 Å². The van der Waals surface area contributed by atoms with Crippen molar-refractivity contribution in [3.05, 3.63) is 135 Å². The van der Waals surface area contributed by atoms with E-state index in [0.717, 1.165) is 30.2 Å². The zero-order chi connectivity index (χ0) is 39.6. The number of nitrogens with one attached hydrogen (secondary N) is 1. The molecule has 292 valence electrons. The largest absolute Gasteiger partial charge is 0.508 e. The molecule has 0 radical (unpaired) electrons. The van der Waals surface area contributed by atoms with Gasteiger partial charge in [-0.2, -0.15) is 5.01 Å². The summed E-state index contributed by atoms with van der Waals surface area (Å²) in [5.74, 6) is -4.25. The Labute approximate surface area is 341 Å². The molecule has 0 bridgehead atoms. The van der Waals surface area contributed by atoms with Crippen molar-refractivity contribution in [2.45, 2.75) is 49.6 Å². The number of rotatable bonds is 8. The van der Waals surface area contributed by atoms with Crippen molar-refractivity contribution in [3.8, 4) is 11.5 Å². The first-order chi connectivity index (χ1) is 27.6. The van der Waals surface area contributed by atoms with E-state index in [-0.39, 0.29) is 35.0 Å². The Morgan fingerprint density at radius 2 is 1.60 bits per heavy atom. The van der Waals surface area contributed by atoms with E-state index in [9.17, 15) is 19.5 Å². The number of fused-ring (bicyclic) bond motifs is 4. The Bertz CT molecular complexity index is 2290. The van der Waals surface area contributed by atoms with Crippen LogP contribution in [-0.2, 0) is 31.1 Å². The second-order valence-electron chi connectivity index (χ2n) is 15.8. The number of likely N-dealkylation sites (tertiary alicyclic amines) is 2. The predicted molar refractivity (Wildman–Crippen MR) is 215 cm³/mol. The number of hydrogen-bond acceptors (Lipinski definition) is 8. The zero-order valence-electron chi connectivity index (χ0n) is 31.3. The van der Waals surface area contributed by atoms with E-state index in [1.165, 1.54) is 11.6 Å². The highest BCUT2D eigenvalue weighted by atomic mass is 35.5. The average molecular weight is 806 g/mol. The molecule has 2 N–H and O–H groups in total. The van der Waals surface area contributed by atoms with Gasteiger partial charge in [0.05, 0.1) is 41.0 Å². The molecule has 1 saturated carbocycles. The summed E-state index contributed by atoms with van der Waals surface area (Å²) in [5.41, 5.74) is 5.09. The van der Waals surface area contributed by atoms with Gasteiger partial charge < -0.3 is 9.84 Å². The smallest absolute Gasteiger partial charge is 0.260 e. The summed E-state index contributed by atoms with van der Waals surface area (Å²) >= 11 is 12.8. The molecule has 57 heavy (non-hydrogen) atoms. The number of hydrazine groups is 1. The molecule has 4 aromatic rings. The highest BCUT2D eigenvalue weighted by molar-refractivity contribution is 6.36. The van der Waals surface area contributed by atoms with Gasteiger partial charge in [0, 0.05) is 36.6 Å². The first kappa shape index (κ1) is 37.4. The van der Waals surface area contributed by atoms with Gasteiger partial charge in [0.2, 0.25) is 11.8 Å². The van der Waals surface area contributed by atoms with E-state index in [0.29, 0.717) is 46.8 Å². The number of allylic oxidation sites excluding steroid dienone is 2. The summed E-state index contributed by atoms with van der Waals surface area (Å²) in [6.07, 6.45) is 3.89. The normalized spacial score (nSPS) is 27.6. The lowest BCUT2D eigenvalue weighted by Gasteiger charge is -2.50. The SMILES string of the molecule is COc1ccc(C23C(=O)N(Nc4ccc(Cl)cc4Cl)C(=O)C2CC2C(=CCC4C(=O)N(C5CCN(Cc6ccccc6)CC5)C(=O)C42)C3c2cccc(O)c2)cc1. The molecule has 12 heteroatoms. The number of carbonyl (C=O) groups is 4. The number of piperidine rings is 1. The maximum Gasteiger partial charge on any atom is 0.260 e. The second-order valence-corrected chi connectivity index (χ2v) is 16.7. The lowest BCUT2D eigenvalue weighted by atomic mass is 9.49. The van der Waals surface area contributed by atoms with Crippen molar-refractivity contribution in [2.24, 2.45) is 23.7 Å². The number of anilines is 1. The lowest BCUT2D eigenvalue weighted by Crippen LogP contribution is -2.53. The van der Waals surface area contributed by atoms with Crippen molar-refractivity contribution in [1.82, 2.24) is 14.8 Å². The number of imide groups is 2. The van der Waals surface area contributed by atoms with Crippen LogP contribution in [0.25, 0.3) is 0 Å². The van der Waals surface area contributed by atoms with Crippen LogP contribution in [0.1, 0.15) is 48.3 Å². The molecular formula is C45H42Cl2N4O6. The van der Waals surface area contributed by atoms with Crippen molar-refractivity contribution < 1.29 is 29.0 Å². The van der Waals surface area contributed by atoms with Crippen LogP contribution in [0.2, 0.25) is 10.0 Å². The van der Waals surface area contributed by atoms with Crippen LogP contribution in [0.15, 0.2) is 109 Å². The van der Waals surface area contributed by atoms with E-state index in [2.05, 4.69) is 22.5 Å². The third-order valence-electron chi connectivity index (χ3n) is 13.0. The van der Waals surface area contributed by atoms with E-state index < -0.39 is 46.8 Å². The fraction of sp³-hybridized carbons (Fsp3) is 0.333. The third-order valence-corrected chi connectivity index (χ3v) is 13.5. The molecule has 4 aromatic carbocycles. The number of nitrogens with zero attached hydrogens (tertiary/aromatic N) is 3. The summed E-state index contributed by atoms with van der Waals surface area (Å²) in [5, 5.41) is 12.5. The number of halogens is 2. The molecule has 6 unspecified atom stereocenters. The summed E-state index contributed by atoms with van der Waals surface area (Å²) in [6, 6.07) is 28.7. The Morgan fingerprint density at radius 3 is 2.30 bits per heavy atom. The van der Waals surface area contributed by atoms with Crippen molar-refractivity contribution >= 4 is 52.5 Å². The molecule has 0 spiro atoms. The van der Waals surface area contributed by atoms with Gasteiger partial charge in [0.25, 0.3) is 11.8 Å². The van der Waals surface area contributed by atoms with Gasteiger partial charge in [-0.3, -0.25) is 34.4 Å². The molecule has 6 atom stereocenters. The van der Waals surface area contributed by atoms with Gasteiger partial charge in [-0.05, 0) is 90.8 Å². The first-order valence-electron chi connectivity index (χ1n) is 19.5. The van der Waals surface area contributed by atoms with Crippen LogP contribution >= 0.6 is 23.2 Å². The summed E-state index contributed by atoms with van der Waals surface area (Å²) in [6.45, 7) is 2.34. The topological polar surface area (TPSA) is 119 Å². The molecule has 3 saturated heterocycles. The van der Waals surface area contributed by atoms with Gasteiger partial charge in [-0.15, -0.1) is 0 Å². The van der Waals surface area contributed by atoms with Crippen molar-refractivity contribution in [3.63, 3.8) is 0 Å². The molecule has 4 fully saturated rings. The highest BCUT2D eigenvalue weighted by Crippen LogP contribution is 2.64. The van der Waals surface area contributed by atoms with E-state index in [1.54, 1.807) is 54.5 Å². The summed E-state index contributed by atoms with van der Waals surface area (Å²) < 4.78 is 5.49. The molecule has 0 aromatic heterocycles. The molecule has 3 heterocycles. The molecule has 9 rings (SSSR count). The Hall–Kier alpha value is -5.16. The highest BCUT2D eigenvalue weighted by Gasteiger charge is 2.70. The van der Waals surface area contributed by atoms with Crippen LogP contribution in [0.4, 0.5) is 5.69 Å². The maximum absolute atomic E-state index is 15.4.